The Balaban J connectivity index is 1.50. The van der Waals surface area contributed by atoms with Crippen LogP contribution < -0.4 is 10.7 Å². The van der Waals surface area contributed by atoms with Crippen LogP contribution in [-0.2, 0) is 0 Å². The molecule has 206 valence electrons. The van der Waals surface area contributed by atoms with Crippen LogP contribution in [0.5, 0.6) is 0 Å². The van der Waals surface area contributed by atoms with Crippen molar-refractivity contribution in [1.82, 2.24) is 4.98 Å². The molecule has 4 aliphatic rings. The summed E-state index contributed by atoms with van der Waals surface area (Å²) in [5, 5.41) is 2.02. The van der Waals surface area contributed by atoms with Gasteiger partial charge in [-0.15, -0.1) is 0 Å². The fourth-order valence-electron chi connectivity index (χ4n) is 6.43. The molecule has 0 radical (unpaired) electrons. The Labute approximate surface area is 251 Å². The summed E-state index contributed by atoms with van der Waals surface area (Å²) in [5.41, 5.74) is 8.97. The number of benzene rings is 3. The SMILES string of the molecule is CC12C=CC(=N1)/C(c1ccccc1)=C1/C=CC(=N1)/C(c1ccccc1)=c1/cc/c([nH]1)=C(\c1ccccc1)C1=NC2(C)C=C1. The number of nitrogens with one attached hydrogen (secondary N) is 1. The van der Waals surface area contributed by atoms with E-state index >= 15 is 0 Å². The van der Waals surface area contributed by atoms with Crippen molar-refractivity contribution in [1.29, 1.82) is 0 Å². The Morgan fingerprint density at radius 3 is 1.42 bits per heavy atom. The summed E-state index contributed by atoms with van der Waals surface area (Å²) in [6, 6.07) is 35.8. The summed E-state index contributed by atoms with van der Waals surface area (Å²) < 4.78 is 0. The molecule has 2 atom stereocenters. The van der Waals surface area contributed by atoms with E-state index < -0.39 is 11.1 Å². The molecule has 43 heavy (non-hydrogen) atoms. The predicted octanol–water partition coefficient (Wildman–Crippen LogP) is 6.39. The van der Waals surface area contributed by atoms with E-state index in [1.807, 2.05) is 12.1 Å². The van der Waals surface area contributed by atoms with Crippen LogP contribution in [0.1, 0.15) is 30.5 Å². The molecule has 4 aromatic rings. The van der Waals surface area contributed by atoms with E-state index in [-0.39, 0.29) is 0 Å². The van der Waals surface area contributed by atoms with E-state index in [9.17, 15) is 0 Å². The number of H-pyrrole nitrogens is 1. The van der Waals surface area contributed by atoms with Crippen molar-refractivity contribution in [3.05, 3.63) is 173 Å². The first-order valence-corrected chi connectivity index (χ1v) is 14.7. The maximum absolute atomic E-state index is 5.42. The molecule has 8 rings (SSSR count). The standard InChI is InChI=1S/C39H30N4/c1-38-24-22-33(42-38)36(27-14-8-4-9-15-27)31-20-18-29(40-31)35(26-12-6-3-7-13-26)30-19-21-32(41-30)37(28-16-10-5-11-17-28)34-23-25-39(38,2)43-34/h3-25,40H,1-2H3/b35-29-,36-31-,37-32-. The highest BCUT2D eigenvalue weighted by Crippen LogP contribution is 2.42. The number of aromatic nitrogens is 1. The summed E-state index contributed by atoms with van der Waals surface area (Å²) in [6.45, 7) is 4.35. The third-order valence-corrected chi connectivity index (χ3v) is 8.94. The lowest BCUT2D eigenvalue weighted by Crippen LogP contribution is -2.42. The fourth-order valence-corrected chi connectivity index (χ4v) is 6.43. The summed E-state index contributed by atoms with van der Waals surface area (Å²) in [7, 11) is 0. The number of rotatable bonds is 3. The topological polar surface area (TPSA) is 52.9 Å². The number of nitrogens with zero attached hydrogens (tertiary/aromatic N) is 3. The Hall–Kier alpha value is -5.35. The van der Waals surface area contributed by atoms with Gasteiger partial charge in [0.05, 0.1) is 22.8 Å². The highest BCUT2D eigenvalue weighted by molar-refractivity contribution is 6.35. The molecule has 3 aromatic carbocycles. The monoisotopic (exact) mass is 554 g/mol. The third-order valence-electron chi connectivity index (χ3n) is 8.94. The molecule has 4 nitrogen and oxygen atoms in total. The zero-order chi connectivity index (χ0) is 29.0. The second kappa shape index (κ2) is 9.60. The number of allylic oxidation sites excluding steroid dienone is 5. The molecule has 0 fully saturated rings. The molecular formula is C39H30N4. The average molecular weight is 555 g/mol. The second-order valence-electron chi connectivity index (χ2n) is 11.7. The van der Waals surface area contributed by atoms with Crippen LogP contribution in [-0.4, -0.2) is 33.2 Å². The minimum Gasteiger partial charge on any atom is -0.354 e. The van der Waals surface area contributed by atoms with E-state index in [1.165, 1.54) is 0 Å². The summed E-state index contributed by atoms with van der Waals surface area (Å²) >= 11 is 0. The van der Waals surface area contributed by atoms with Crippen molar-refractivity contribution in [3.63, 3.8) is 0 Å². The lowest BCUT2D eigenvalue weighted by Gasteiger charge is -2.33. The first-order chi connectivity index (χ1) is 21.0. The van der Waals surface area contributed by atoms with Crippen LogP contribution >= 0.6 is 0 Å². The van der Waals surface area contributed by atoms with Gasteiger partial charge in [-0.25, -0.2) is 4.99 Å². The maximum Gasteiger partial charge on any atom is 0.105 e. The molecule has 1 aromatic heterocycles. The van der Waals surface area contributed by atoms with Gasteiger partial charge in [-0.05, 0) is 67.0 Å². The molecule has 5 heterocycles. The number of hydrogen-bond acceptors (Lipinski definition) is 3. The van der Waals surface area contributed by atoms with Gasteiger partial charge < -0.3 is 4.98 Å². The van der Waals surface area contributed by atoms with E-state index in [1.54, 1.807) is 0 Å². The molecule has 4 aliphatic heterocycles. The zero-order valence-corrected chi connectivity index (χ0v) is 24.1. The Kier molecular flexibility index (Phi) is 5.66. The lowest BCUT2D eigenvalue weighted by molar-refractivity contribution is 0.404. The van der Waals surface area contributed by atoms with Gasteiger partial charge in [-0.2, -0.15) is 0 Å². The maximum atomic E-state index is 5.42. The van der Waals surface area contributed by atoms with Crippen molar-refractivity contribution < 1.29 is 0 Å². The molecule has 0 spiro atoms. The van der Waals surface area contributed by atoms with Gasteiger partial charge in [0, 0.05) is 27.4 Å². The highest BCUT2D eigenvalue weighted by Gasteiger charge is 2.46. The largest absolute Gasteiger partial charge is 0.354 e. The molecular weight excluding hydrogens is 524 g/mol. The lowest BCUT2D eigenvalue weighted by atomic mass is 9.81. The van der Waals surface area contributed by atoms with Gasteiger partial charge in [0.25, 0.3) is 0 Å². The number of aromatic amines is 1. The van der Waals surface area contributed by atoms with E-state index in [2.05, 4.69) is 146 Å². The summed E-state index contributed by atoms with van der Waals surface area (Å²) in [6.07, 6.45) is 13.0. The summed E-state index contributed by atoms with van der Waals surface area (Å²) in [5.74, 6) is 0. The Bertz CT molecular complexity index is 2120. The molecule has 0 amide bonds. The predicted molar refractivity (Wildman–Crippen MR) is 178 cm³/mol. The normalized spacial score (nSPS) is 27.9. The van der Waals surface area contributed by atoms with Crippen LogP contribution in [0.15, 0.2) is 160 Å². The molecule has 0 saturated heterocycles. The molecule has 0 saturated carbocycles. The van der Waals surface area contributed by atoms with Crippen LogP contribution in [0.25, 0.3) is 16.7 Å². The van der Waals surface area contributed by atoms with Gasteiger partial charge in [0.15, 0.2) is 0 Å². The highest BCUT2D eigenvalue weighted by atomic mass is 15.0. The van der Waals surface area contributed by atoms with Crippen molar-refractivity contribution >= 4 is 33.9 Å². The molecule has 8 bridgehead atoms. The van der Waals surface area contributed by atoms with E-state index in [4.69, 9.17) is 15.0 Å². The van der Waals surface area contributed by atoms with Crippen LogP contribution in [0.4, 0.5) is 0 Å². The van der Waals surface area contributed by atoms with Gasteiger partial charge in [0.2, 0.25) is 0 Å². The van der Waals surface area contributed by atoms with Crippen molar-refractivity contribution in [2.75, 3.05) is 0 Å². The van der Waals surface area contributed by atoms with Crippen LogP contribution in [0.3, 0.4) is 0 Å². The minimum atomic E-state index is -0.569. The Morgan fingerprint density at radius 1 is 0.465 bits per heavy atom. The number of aliphatic imine (C=N–C) groups is 3. The average Bonchev–Trinajstić information content (AvgIpc) is 3.85. The zero-order valence-electron chi connectivity index (χ0n) is 24.1. The van der Waals surface area contributed by atoms with Gasteiger partial charge >= 0.3 is 0 Å². The smallest absolute Gasteiger partial charge is 0.105 e. The first-order valence-electron chi connectivity index (χ1n) is 14.7. The van der Waals surface area contributed by atoms with Gasteiger partial charge in [0.1, 0.15) is 11.1 Å². The molecule has 4 heteroatoms. The second-order valence-corrected chi connectivity index (χ2v) is 11.7. The van der Waals surface area contributed by atoms with Crippen LogP contribution in [0, 0.1) is 0 Å². The van der Waals surface area contributed by atoms with Crippen LogP contribution in [0.2, 0.25) is 0 Å². The van der Waals surface area contributed by atoms with Gasteiger partial charge in [-0.3, -0.25) is 9.98 Å². The van der Waals surface area contributed by atoms with Crippen molar-refractivity contribution in [3.8, 4) is 0 Å². The minimum absolute atomic E-state index is 0.566. The Morgan fingerprint density at radius 2 is 0.907 bits per heavy atom. The van der Waals surface area contributed by atoms with E-state index in [0.717, 1.165) is 66.9 Å². The van der Waals surface area contributed by atoms with Crippen molar-refractivity contribution in [2.45, 2.75) is 24.9 Å². The summed E-state index contributed by atoms with van der Waals surface area (Å²) in [4.78, 5) is 19.9. The molecule has 1 N–H and O–H groups in total. The van der Waals surface area contributed by atoms with E-state index in [0.29, 0.717) is 0 Å². The number of fused-ring (bicyclic) bond motifs is 6. The number of hydrogen-bond donors (Lipinski definition) is 1. The third kappa shape index (κ3) is 4.10. The van der Waals surface area contributed by atoms with Gasteiger partial charge in [-0.1, -0.05) is 103 Å². The van der Waals surface area contributed by atoms with Crippen molar-refractivity contribution in [2.24, 2.45) is 15.0 Å². The first kappa shape index (κ1) is 25.4. The molecule has 2 unspecified atom stereocenters. The quantitative estimate of drug-likeness (QED) is 0.305. The molecule has 0 aliphatic carbocycles. The fraction of sp³-hybridized carbons (Fsp3) is 0.103.